The second-order valence-electron chi connectivity index (χ2n) is 5.21. The van der Waals surface area contributed by atoms with Crippen molar-refractivity contribution in [1.82, 2.24) is 4.98 Å². The number of rotatable bonds is 5. The van der Waals surface area contributed by atoms with Crippen LogP contribution in [0.2, 0.25) is 0 Å². The van der Waals surface area contributed by atoms with Gasteiger partial charge in [-0.2, -0.15) is 0 Å². The highest BCUT2D eigenvalue weighted by Crippen LogP contribution is 2.20. The average Bonchev–Trinajstić information content (AvgIpc) is 2.49. The van der Waals surface area contributed by atoms with Gasteiger partial charge in [-0.3, -0.25) is 4.79 Å². The second-order valence-corrected chi connectivity index (χ2v) is 5.21. The Bertz CT molecular complexity index is 606. The van der Waals surface area contributed by atoms with E-state index in [0.29, 0.717) is 5.69 Å². The number of amides is 1. The van der Waals surface area contributed by atoms with Crippen molar-refractivity contribution in [1.29, 1.82) is 0 Å². The summed E-state index contributed by atoms with van der Waals surface area (Å²) in [6.07, 6.45) is 2.63. The first kappa shape index (κ1) is 15.0. The van der Waals surface area contributed by atoms with Gasteiger partial charge in [-0.05, 0) is 30.2 Å². The standard InChI is InChI=1S/C17H21N3O/c1-4-13-7-5-6-8-15(13)20-16-10-9-14(11-18-16)19-17(21)12(2)3/h5-12H,4H2,1-3H3,(H,18,20)(H,19,21). The molecule has 0 atom stereocenters. The topological polar surface area (TPSA) is 54.0 Å². The number of hydrogen-bond acceptors (Lipinski definition) is 3. The normalized spacial score (nSPS) is 10.5. The van der Waals surface area contributed by atoms with Crippen molar-refractivity contribution in [3.05, 3.63) is 48.2 Å². The van der Waals surface area contributed by atoms with Crippen LogP contribution < -0.4 is 10.6 Å². The number of anilines is 3. The fourth-order valence-electron chi connectivity index (χ4n) is 1.92. The van der Waals surface area contributed by atoms with E-state index in [2.05, 4.69) is 28.6 Å². The lowest BCUT2D eigenvalue weighted by molar-refractivity contribution is -0.118. The summed E-state index contributed by atoms with van der Waals surface area (Å²) in [7, 11) is 0. The number of para-hydroxylation sites is 1. The number of carbonyl (C=O) groups is 1. The summed E-state index contributed by atoms with van der Waals surface area (Å²) >= 11 is 0. The van der Waals surface area contributed by atoms with Gasteiger partial charge in [-0.25, -0.2) is 4.98 Å². The molecule has 0 aliphatic heterocycles. The third kappa shape index (κ3) is 4.05. The van der Waals surface area contributed by atoms with Crippen LogP contribution in [0.1, 0.15) is 26.3 Å². The third-order valence-electron chi connectivity index (χ3n) is 3.22. The first-order valence-corrected chi connectivity index (χ1v) is 7.22. The van der Waals surface area contributed by atoms with E-state index in [0.717, 1.165) is 17.9 Å². The minimum Gasteiger partial charge on any atom is -0.340 e. The molecule has 0 saturated heterocycles. The van der Waals surface area contributed by atoms with E-state index in [1.165, 1.54) is 5.56 Å². The highest BCUT2D eigenvalue weighted by atomic mass is 16.1. The SMILES string of the molecule is CCc1ccccc1Nc1ccc(NC(=O)C(C)C)cn1. The fourth-order valence-corrected chi connectivity index (χ4v) is 1.92. The molecule has 2 aromatic rings. The molecule has 21 heavy (non-hydrogen) atoms. The van der Waals surface area contributed by atoms with Crippen LogP contribution in [0, 0.1) is 5.92 Å². The Hall–Kier alpha value is -2.36. The summed E-state index contributed by atoms with van der Waals surface area (Å²) in [6, 6.07) is 11.9. The van der Waals surface area contributed by atoms with Crippen LogP contribution in [-0.4, -0.2) is 10.9 Å². The van der Waals surface area contributed by atoms with E-state index in [1.807, 2.05) is 44.2 Å². The van der Waals surface area contributed by atoms with Gasteiger partial charge in [-0.15, -0.1) is 0 Å². The molecule has 1 aromatic heterocycles. The second kappa shape index (κ2) is 6.88. The fraction of sp³-hybridized carbons (Fsp3) is 0.294. The molecule has 4 heteroatoms. The number of nitrogens with zero attached hydrogens (tertiary/aromatic N) is 1. The molecule has 0 saturated carbocycles. The van der Waals surface area contributed by atoms with Crippen molar-refractivity contribution in [2.45, 2.75) is 27.2 Å². The molecule has 0 spiro atoms. The lowest BCUT2D eigenvalue weighted by Crippen LogP contribution is -2.17. The Kier molecular flexibility index (Phi) is 4.93. The summed E-state index contributed by atoms with van der Waals surface area (Å²) in [4.78, 5) is 16.0. The third-order valence-corrected chi connectivity index (χ3v) is 3.22. The van der Waals surface area contributed by atoms with Gasteiger partial charge in [0, 0.05) is 11.6 Å². The maximum Gasteiger partial charge on any atom is 0.226 e. The summed E-state index contributed by atoms with van der Waals surface area (Å²) in [5.74, 6) is 0.714. The highest BCUT2D eigenvalue weighted by Gasteiger charge is 2.07. The zero-order valence-electron chi connectivity index (χ0n) is 12.7. The van der Waals surface area contributed by atoms with E-state index >= 15 is 0 Å². The van der Waals surface area contributed by atoms with Gasteiger partial charge < -0.3 is 10.6 Å². The van der Waals surface area contributed by atoms with Crippen LogP contribution in [0.25, 0.3) is 0 Å². The monoisotopic (exact) mass is 283 g/mol. The zero-order chi connectivity index (χ0) is 15.2. The maximum absolute atomic E-state index is 11.6. The summed E-state index contributed by atoms with van der Waals surface area (Å²) < 4.78 is 0. The molecule has 1 amide bonds. The molecule has 4 nitrogen and oxygen atoms in total. The lowest BCUT2D eigenvalue weighted by Gasteiger charge is -2.11. The lowest BCUT2D eigenvalue weighted by atomic mass is 10.1. The first-order chi connectivity index (χ1) is 10.1. The molecule has 2 rings (SSSR count). The Morgan fingerprint density at radius 2 is 1.95 bits per heavy atom. The smallest absolute Gasteiger partial charge is 0.226 e. The molecule has 0 aliphatic rings. The minimum absolute atomic E-state index is 0.00571. The van der Waals surface area contributed by atoms with Crippen LogP contribution in [-0.2, 0) is 11.2 Å². The van der Waals surface area contributed by atoms with Crippen molar-refractivity contribution in [2.24, 2.45) is 5.92 Å². The highest BCUT2D eigenvalue weighted by molar-refractivity contribution is 5.91. The van der Waals surface area contributed by atoms with Gasteiger partial charge in [0.1, 0.15) is 5.82 Å². The average molecular weight is 283 g/mol. The maximum atomic E-state index is 11.6. The van der Waals surface area contributed by atoms with Crippen molar-refractivity contribution in [2.75, 3.05) is 10.6 Å². The van der Waals surface area contributed by atoms with E-state index in [9.17, 15) is 4.79 Å². The first-order valence-electron chi connectivity index (χ1n) is 7.22. The molecule has 0 bridgehead atoms. The number of carbonyl (C=O) groups excluding carboxylic acids is 1. The number of hydrogen-bond donors (Lipinski definition) is 2. The molecule has 1 heterocycles. The number of pyridine rings is 1. The van der Waals surface area contributed by atoms with Crippen molar-refractivity contribution in [3.63, 3.8) is 0 Å². The van der Waals surface area contributed by atoms with Crippen molar-refractivity contribution < 1.29 is 4.79 Å². The van der Waals surface area contributed by atoms with E-state index in [4.69, 9.17) is 0 Å². The summed E-state index contributed by atoms with van der Waals surface area (Å²) in [6.45, 7) is 5.85. The Morgan fingerprint density at radius 1 is 1.19 bits per heavy atom. The van der Waals surface area contributed by atoms with Crippen LogP contribution in [0.4, 0.5) is 17.2 Å². The van der Waals surface area contributed by atoms with Crippen LogP contribution in [0.15, 0.2) is 42.6 Å². The zero-order valence-corrected chi connectivity index (χ0v) is 12.7. The minimum atomic E-state index is -0.0424. The molecule has 2 N–H and O–H groups in total. The van der Waals surface area contributed by atoms with Crippen molar-refractivity contribution >= 4 is 23.1 Å². The van der Waals surface area contributed by atoms with Gasteiger partial charge in [0.05, 0.1) is 11.9 Å². The molecule has 0 aliphatic carbocycles. The van der Waals surface area contributed by atoms with Crippen LogP contribution in [0.3, 0.4) is 0 Å². The van der Waals surface area contributed by atoms with Gasteiger partial charge >= 0.3 is 0 Å². The quantitative estimate of drug-likeness (QED) is 0.872. The van der Waals surface area contributed by atoms with Gasteiger partial charge in [-0.1, -0.05) is 39.0 Å². The molecular formula is C17H21N3O. The number of benzene rings is 1. The summed E-state index contributed by atoms with van der Waals surface area (Å²) in [5.41, 5.74) is 3.02. The van der Waals surface area contributed by atoms with Gasteiger partial charge in [0.25, 0.3) is 0 Å². The molecular weight excluding hydrogens is 262 g/mol. The Morgan fingerprint density at radius 3 is 2.57 bits per heavy atom. The largest absolute Gasteiger partial charge is 0.340 e. The predicted octanol–water partition coefficient (Wildman–Crippen LogP) is 3.98. The number of aromatic nitrogens is 1. The molecule has 0 unspecified atom stereocenters. The molecule has 0 fully saturated rings. The van der Waals surface area contributed by atoms with Gasteiger partial charge in [0.2, 0.25) is 5.91 Å². The summed E-state index contributed by atoms with van der Waals surface area (Å²) in [5, 5.41) is 6.13. The predicted molar refractivity (Wildman–Crippen MR) is 86.8 cm³/mol. The Balaban J connectivity index is 2.07. The molecule has 0 radical (unpaired) electrons. The molecule has 1 aromatic carbocycles. The Labute approximate surface area is 125 Å². The van der Waals surface area contributed by atoms with E-state index < -0.39 is 0 Å². The van der Waals surface area contributed by atoms with Crippen LogP contribution >= 0.6 is 0 Å². The van der Waals surface area contributed by atoms with E-state index in [1.54, 1.807) is 6.20 Å². The van der Waals surface area contributed by atoms with Crippen LogP contribution in [0.5, 0.6) is 0 Å². The van der Waals surface area contributed by atoms with E-state index in [-0.39, 0.29) is 11.8 Å². The molecule has 110 valence electrons. The van der Waals surface area contributed by atoms with Crippen molar-refractivity contribution in [3.8, 4) is 0 Å². The number of aryl methyl sites for hydroxylation is 1. The van der Waals surface area contributed by atoms with Gasteiger partial charge in [0.15, 0.2) is 0 Å². The number of nitrogens with one attached hydrogen (secondary N) is 2.